The molecule has 0 atom stereocenters. The molecule has 0 aromatic carbocycles. The Labute approximate surface area is 149 Å². The number of nitrogens with zero attached hydrogens (tertiary/aromatic N) is 4. The molecule has 0 fully saturated rings. The maximum Gasteiger partial charge on any atom is 0.331 e. The molecule has 0 radical (unpaired) electrons. The Morgan fingerprint density at radius 2 is 2.28 bits per heavy atom. The van der Waals surface area contributed by atoms with Crippen molar-refractivity contribution in [3.8, 4) is 6.07 Å². The molecule has 3 rings (SSSR count). The molecule has 3 aromatic rings. The Bertz CT molecular complexity index is 1020. The second-order valence-corrected chi connectivity index (χ2v) is 5.85. The minimum Gasteiger partial charge on any atom is -0.458 e. The van der Waals surface area contributed by atoms with E-state index in [0.29, 0.717) is 21.8 Å². The maximum atomic E-state index is 12.0. The standard InChI is InChI=1S/C18H15ClN4O2/c1-12-14(18(19)22(2)21-12)6-7-17(24)25-11-13-10-23-8-4-3-5-16(23)15(13)9-20/h3-8,10H,11H2,1-2H3/b7-6-. The van der Waals surface area contributed by atoms with Crippen molar-refractivity contribution in [1.29, 1.82) is 5.26 Å². The van der Waals surface area contributed by atoms with Crippen LogP contribution in [-0.2, 0) is 23.2 Å². The third-order valence-corrected chi connectivity index (χ3v) is 4.27. The monoisotopic (exact) mass is 354 g/mol. The summed E-state index contributed by atoms with van der Waals surface area (Å²) in [6, 6.07) is 7.73. The van der Waals surface area contributed by atoms with Gasteiger partial charge in [0.15, 0.2) is 0 Å². The fourth-order valence-electron chi connectivity index (χ4n) is 2.60. The zero-order chi connectivity index (χ0) is 18.0. The Morgan fingerprint density at radius 1 is 1.48 bits per heavy atom. The number of carbonyl (C=O) groups is 1. The minimum atomic E-state index is -0.515. The molecular weight excluding hydrogens is 340 g/mol. The molecule has 0 unspecified atom stereocenters. The molecule has 3 aromatic heterocycles. The molecular formula is C18H15ClN4O2. The molecule has 0 aliphatic rings. The molecule has 0 amide bonds. The highest BCUT2D eigenvalue weighted by atomic mass is 35.5. The molecule has 0 saturated carbocycles. The Balaban J connectivity index is 1.73. The highest BCUT2D eigenvalue weighted by Crippen LogP contribution is 2.21. The first-order chi connectivity index (χ1) is 12.0. The molecule has 0 saturated heterocycles. The van der Waals surface area contributed by atoms with Crippen LogP contribution in [-0.4, -0.2) is 20.2 Å². The van der Waals surface area contributed by atoms with Crippen LogP contribution in [0.2, 0.25) is 5.15 Å². The molecule has 0 N–H and O–H groups in total. The second-order valence-electron chi connectivity index (χ2n) is 5.49. The van der Waals surface area contributed by atoms with E-state index >= 15 is 0 Å². The normalized spacial score (nSPS) is 11.1. The number of hydrogen-bond donors (Lipinski definition) is 0. The van der Waals surface area contributed by atoms with E-state index in [2.05, 4.69) is 11.2 Å². The van der Waals surface area contributed by atoms with E-state index in [4.69, 9.17) is 16.3 Å². The van der Waals surface area contributed by atoms with Crippen LogP contribution in [0.1, 0.15) is 22.4 Å². The van der Waals surface area contributed by atoms with Gasteiger partial charge in [-0.2, -0.15) is 10.4 Å². The largest absolute Gasteiger partial charge is 0.458 e. The number of rotatable bonds is 4. The molecule has 0 aliphatic heterocycles. The van der Waals surface area contributed by atoms with E-state index in [1.165, 1.54) is 10.8 Å². The van der Waals surface area contributed by atoms with Crippen molar-refractivity contribution in [2.75, 3.05) is 0 Å². The zero-order valence-corrected chi connectivity index (χ0v) is 14.5. The lowest BCUT2D eigenvalue weighted by Crippen LogP contribution is -2.01. The first kappa shape index (κ1) is 16.8. The van der Waals surface area contributed by atoms with Gasteiger partial charge in [-0.1, -0.05) is 17.7 Å². The van der Waals surface area contributed by atoms with Gasteiger partial charge in [0.2, 0.25) is 0 Å². The van der Waals surface area contributed by atoms with Gasteiger partial charge < -0.3 is 9.14 Å². The molecule has 6 nitrogen and oxygen atoms in total. The van der Waals surface area contributed by atoms with Gasteiger partial charge >= 0.3 is 5.97 Å². The van der Waals surface area contributed by atoms with Crippen molar-refractivity contribution >= 4 is 29.2 Å². The second kappa shape index (κ2) is 6.83. The average molecular weight is 355 g/mol. The molecule has 0 spiro atoms. The molecule has 25 heavy (non-hydrogen) atoms. The number of pyridine rings is 1. The topological polar surface area (TPSA) is 72.3 Å². The summed E-state index contributed by atoms with van der Waals surface area (Å²) < 4.78 is 8.61. The number of halogens is 1. The van der Waals surface area contributed by atoms with Gasteiger partial charge in [0.1, 0.15) is 17.8 Å². The first-order valence-corrected chi connectivity index (χ1v) is 7.91. The van der Waals surface area contributed by atoms with Crippen LogP contribution in [0.25, 0.3) is 11.6 Å². The number of hydrogen-bond acceptors (Lipinski definition) is 4. The lowest BCUT2D eigenvalue weighted by atomic mass is 10.2. The van der Waals surface area contributed by atoms with Gasteiger partial charge in [0.25, 0.3) is 0 Å². The number of fused-ring (bicyclic) bond motifs is 1. The summed E-state index contributed by atoms with van der Waals surface area (Å²) >= 11 is 6.11. The van der Waals surface area contributed by atoms with E-state index in [-0.39, 0.29) is 6.61 Å². The molecule has 0 bridgehead atoms. The van der Waals surface area contributed by atoms with Crippen LogP contribution in [0.4, 0.5) is 0 Å². The zero-order valence-electron chi connectivity index (χ0n) is 13.7. The lowest BCUT2D eigenvalue weighted by Gasteiger charge is -2.00. The fourth-order valence-corrected chi connectivity index (χ4v) is 2.84. The van der Waals surface area contributed by atoms with Crippen LogP contribution >= 0.6 is 11.6 Å². The maximum absolute atomic E-state index is 12.0. The number of nitriles is 1. The van der Waals surface area contributed by atoms with E-state index in [0.717, 1.165) is 11.2 Å². The third-order valence-electron chi connectivity index (χ3n) is 3.83. The van der Waals surface area contributed by atoms with E-state index in [1.807, 2.05) is 35.7 Å². The van der Waals surface area contributed by atoms with Gasteiger partial charge in [-0.05, 0) is 25.1 Å². The molecule has 126 valence electrons. The predicted octanol–water partition coefficient (Wildman–Crippen LogP) is 3.26. The summed E-state index contributed by atoms with van der Waals surface area (Å²) in [5.74, 6) is -0.515. The SMILES string of the molecule is Cc1nn(C)c(Cl)c1/C=C\C(=O)OCc1cn2ccccc2c1C#N. The third kappa shape index (κ3) is 3.28. The van der Waals surface area contributed by atoms with Gasteiger partial charge in [0.05, 0.1) is 16.8 Å². The highest BCUT2D eigenvalue weighted by molar-refractivity contribution is 6.31. The number of aryl methyl sites for hydroxylation is 2. The fraction of sp³-hybridized carbons (Fsp3) is 0.167. The number of esters is 1. The van der Waals surface area contributed by atoms with Gasteiger partial charge in [-0.15, -0.1) is 0 Å². The number of ether oxygens (including phenoxy) is 1. The molecule has 7 heteroatoms. The predicted molar refractivity (Wildman–Crippen MR) is 93.9 cm³/mol. The van der Waals surface area contributed by atoms with Crippen molar-refractivity contribution in [2.45, 2.75) is 13.5 Å². The quantitative estimate of drug-likeness (QED) is 0.532. The van der Waals surface area contributed by atoms with Gasteiger partial charge in [-0.3, -0.25) is 4.68 Å². The smallest absolute Gasteiger partial charge is 0.331 e. The summed E-state index contributed by atoms with van der Waals surface area (Å²) in [6.07, 6.45) is 6.51. The van der Waals surface area contributed by atoms with Crippen LogP contribution < -0.4 is 0 Å². The Hall–Kier alpha value is -3.04. The number of aromatic nitrogens is 3. The highest BCUT2D eigenvalue weighted by Gasteiger charge is 2.12. The van der Waals surface area contributed by atoms with Crippen LogP contribution in [0.5, 0.6) is 0 Å². The van der Waals surface area contributed by atoms with E-state index < -0.39 is 5.97 Å². The summed E-state index contributed by atoms with van der Waals surface area (Å²) in [5, 5.41) is 14.0. The summed E-state index contributed by atoms with van der Waals surface area (Å²) in [7, 11) is 1.73. The summed E-state index contributed by atoms with van der Waals surface area (Å²) in [5.41, 5.74) is 3.34. The Kier molecular flexibility index (Phi) is 4.59. The van der Waals surface area contributed by atoms with Gasteiger partial charge in [0, 0.05) is 36.6 Å². The van der Waals surface area contributed by atoms with Crippen LogP contribution in [0.15, 0.2) is 36.7 Å². The van der Waals surface area contributed by atoms with E-state index in [9.17, 15) is 10.1 Å². The van der Waals surface area contributed by atoms with Crippen molar-refractivity contribution in [1.82, 2.24) is 14.2 Å². The molecule has 0 aliphatic carbocycles. The summed E-state index contributed by atoms with van der Waals surface area (Å²) in [4.78, 5) is 12.0. The number of carbonyl (C=O) groups excluding carboxylic acids is 1. The van der Waals surface area contributed by atoms with Crippen molar-refractivity contribution in [3.05, 3.63) is 64.2 Å². The average Bonchev–Trinajstić information content (AvgIpc) is 3.08. The lowest BCUT2D eigenvalue weighted by molar-refractivity contribution is -0.138. The minimum absolute atomic E-state index is 0.0213. The summed E-state index contributed by atoms with van der Waals surface area (Å²) in [6.45, 7) is 1.83. The van der Waals surface area contributed by atoms with Gasteiger partial charge in [-0.25, -0.2) is 4.79 Å². The van der Waals surface area contributed by atoms with Crippen molar-refractivity contribution in [2.24, 2.45) is 7.05 Å². The van der Waals surface area contributed by atoms with Crippen LogP contribution in [0, 0.1) is 18.3 Å². The first-order valence-electron chi connectivity index (χ1n) is 7.54. The van der Waals surface area contributed by atoms with Crippen molar-refractivity contribution < 1.29 is 9.53 Å². The van der Waals surface area contributed by atoms with Crippen LogP contribution in [0.3, 0.4) is 0 Å². The van der Waals surface area contributed by atoms with Crippen molar-refractivity contribution in [3.63, 3.8) is 0 Å². The van der Waals surface area contributed by atoms with E-state index in [1.54, 1.807) is 19.3 Å². The Morgan fingerprint density at radius 3 is 2.96 bits per heavy atom. The molecule has 3 heterocycles.